The Morgan fingerprint density at radius 2 is 2.00 bits per heavy atom. The number of nitrogens with zero attached hydrogens (tertiary/aromatic N) is 2. The lowest BCUT2D eigenvalue weighted by molar-refractivity contribution is -0.133. The van der Waals surface area contributed by atoms with Crippen LogP contribution in [-0.2, 0) is 11.2 Å². The van der Waals surface area contributed by atoms with Crippen LogP contribution in [0.25, 0.3) is 0 Å². The zero-order chi connectivity index (χ0) is 17.2. The molecule has 4 nitrogen and oxygen atoms in total. The number of thiophene rings is 1. The molecule has 0 bridgehead atoms. The number of amides is 2. The Bertz CT molecular complexity index is 775. The van der Waals surface area contributed by atoms with Crippen molar-refractivity contribution in [3.8, 4) is 0 Å². The van der Waals surface area contributed by atoms with Crippen LogP contribution >= 0.6 is 23.1 Å². The van der Waals surface area contributed by atoms with E-state index in [1.165, 1.54) is 22.2 Å². The number of carbonyl (C=O) groups excluding carboxylic acids is 2. The number of hydrogen-bond donors (Lipinski definition) is 0. The third-order valence-corrected chi connectivity index (χ3v) is 6.73. The fraction of sp³-hybridized carbons (Fsp3) is 0.368. The highest BCUT2D eigenvalue weighted by Gasteiger charge is 2.33. The van der Waals surface area contributed by atoms with Crippen LogP contribution in [0.2, 0.25) is 0 Å². The summed E-state index contributed by atoms with van der Waals surface area (Å²) in [5.41, 5.74) is 2.41. The van der Waals surface area contributed by atoms with Gasteiger partial charge < -0.3 is 9.80 Å². The quantitative estimate of drug-likeness (QED) is 0.820. The van der Waals surface area contributed by atoms with Gasteiger partial charge in [0.2, 0.25) is 5.91 Å². The molecule has 0 spiro atoms. The molecule has 1 unspecified atom stereocenters. The summed E-state index contributed by atoms with van der Waals surface area (Å²) in [6.45, 7) is 2.03. The Kier molecular flexibility index (Phi) is 4.81. The van der Waals surface area contributed by atoms with Gasteiger partial charge >= 0.3 is 0 Å². The van der Waals surface area contributed by atoms with Crippen molar-refractivity contribution in [3.05, 3.63) is 57.8 Å². The fourth-order valence-electron chi connectivity index (χ4n) is 3.58. The van der Waals surface area contributed by atoms with Gasteiger partial charge in [-0.3, -0.25) is 9.59 Å². The average Bonchev–Trinajstić information content (AvgIpc) is 3.28. The summed E-state index contributed by atoms with van der Waals surface area (Å²) < 4.78 is 0. The molecular weight excluding hydrogens is 352 g/mol. The number of hydrogen-bond acceptors (Lipinski definition) is 4. The van der Waals surface area contributed by atoms with E-state index in [2.05, 4.69) is 23.6 Å². The monoisotopic (exact) mass is 372 g/mol. The van der Waals surface area contributed by atoms with E-state index < -0.39 is 0 Å². The molecule has 2 aliphatic heterocycles. The third-order valence-electron chi connectivity index (χ3n) is 4.84. The summed E-state index contributed by atoms with van der Waals surface area (Å²) in [7, 11) is 0. The normalized spacial score (nSPS) is 20.0. The summed E-state index contributed by atoms with van der Waals surface area (Å²) in [6.07, 6.45) is 1.32. The van der Waals surface area contributed by atoms with Gasteiger partial charge in [-0.05, 0) is 29.0 Å². The predicted molar refractivity (Wildman–Crippen MR) is 102 cm³/mol. The molecule has 25 heavy (non-hydrogen) atoms. The lowest BCUT2D eigenvalue weighted by Gasteiger charge is -2.36. The SMILES string of the molecule is O=C1SCCN1CCC(=O)N1CCc2sccc2C1c1ccccc1. The highest BCUT2D eigenvalue weighted by molar-refractivity contribution is 8.13. The summed E-state index contributed by atoms with van der Waals surface area (Å²) >= 11 is 3.12. The Morgan fingerprint density at radius 3 is 2.76 bits per heavy atom. The number of thioether (sulfide) groups is 1. The molecule has 1 fully saturated rings. The van der Waals surface area contributed by atoms with E-state index in [1.807, 2.05) is 23.1 Å². The van der Waals surface area contributed by atoms with Gasteiger partial charge in [-0.1, -0.05) is 42.1 Å². The number of carbonyl (C=O) groups is 2. The lowest BCUT2D eigenvalue weighted by atomic mass is 9.93. The van der Waals surface area contributed by atoms with Gasteiger partial charge in [-0.25, -0.2) is 0 Å². The molecule has 1 aromatic carbocycles. The largest absolute Gasteiger partial charge is 0.332 e. The topological polar surface area (TPSA) is 40.6 Å². The molecule has 6 heteroatoms. The van der Waals surface area contributed by atoms with E-state index in [0.29, 0.717) is 13.0 Å². The lowest BCUT2D eigenvalue weighted by Crippen LogP contribution is -2.41. The van der Waals surface area contributed by atoms with E-state index in [1.54, 1.807) is 16.2 Å². The second kappa shape index (κ2) is 7.22. The maximum atomic E-state index is 13.0. The van der Waals surface area contributed by atoms with Crippen molar-refractivity contribution >= 4 is 34.2 Å². The minimum atomic E-state index is -0.00708. The maximum Gasteiger partial charge on any atom is 0.281 e. The molecule has 1 aromatic heterocycles. The second-order valence-corrected chi connectivity index (χ2v) is 8.35. The Labute approximate surface area is 155 Å². The molecule has 130 valence electrons. The molecule has 3 heterocycles. The van der Waals surface area contributed by atoms with Gasteiger partial charge in [0.1, 0.15) is 0 Å². The molecule has 0 saturated carbocycles. The molecule has 4 rings (SSSR count). The van der Waals surface area contributed by atoms with Crippen molar-refractivity contribution in [2.24, 2.45) is 0 Å². The minimum absolute atomic E-state index is 0.00708. The predicted octanol–water partition coefficient (Wildman–Crippen LogP) is 3.78. The van der Waals surface area contributed by atoms with Gasteiger partial charge in [-0.15, -0.1) is 11.3 Å². The van der Waals surface area contributed by atoms with E-state index in [-0.39, 0.29) is 17.2 Å². The average molecular weight is 373 g/mol. The van der Waals surface area contributed by atoms with Crippen LogP contribution in [0, 0.1) is 0 Å². The summed E-state index contributed by atoms with van der Waals surface area (Å²) in [5, 5.41) is 2.22. The van der Waals surface area contributed by atoms with E-state index in [4.69, 9.17) is 0 Å². The molecule has 0 N–H and O–H groups in total. The van der Waals surface area contributed by atoms with Gasteiger partial charge in [-0.2, -0.15) is 0 Å². The van der Waals surface area contributed by atoms with Crippen molar-refractivity contribution in [3.63, 3.8) is 0 Å². The van der Waals surface area contributed by atoms with Crippen LogP contribution < -0.4 is 0 Å². The van der Waals surface area contributed by atoms with Crippen molar-refractivity contribution in [1.29, 1.82) is 0 Å². The summed E-state index contributed by atoms with van der Waals surface area (Å²) in [6, 6.07) is 12.4. The third kappa shape index (κ3) is 3.33. The Balaban J connectivity index is 1.55. The summed E-state index contributed by atoms with van der Waals surface area (Å²) in [4.78, 5) is 29.9. The first kappa shape index (κ1) is 16.7. The molecule has 2 aliphatic rings. The van der Waals surface area contributed by atoms with Crippen molar-refractivity contribution in [1.82, 2.24) is 9.80 Å². The van der Waals surface area contributed by atoms with E-state index in [9.17, 15) is 9.59 Å². The van der Waals surface area contributed by atoms with Gasteiger partial charge in [0.05, 0.1) is 6.04 Å². The van der Waals surface area contributed by atoms with Crippen LogP contribution in [0.5, 0.6) is 0 Å². The van der Waals surface area contributed by atoms with Crippen molar-refractivity contribution in [2.45, 2.75) is 18.9 Å². The molecule has 0 radical (unpaired) electrons. The second-order valence-electron chi connectivity index (χ2n) is 6.30. The highest BCUT2D eigenvalue weighted by Crippen LogP contribution is 2.38. The molecule has 1 atom stereocenters. The van der Waals surface area contributed by atoms with Crippen LogP contribution in [0.15, 0.2) is 41.8 Å². The number of benzene rings is 1. The first-order valence-corrected chi connectivity index (χ1v) is 10.4. The molecule has 2 aromatic rings. The zero-order valence-corrected chi connectivity index (χ0v) is 15.5. The van der Waals surface area contributed by atoms with Crippen molar-refractivity contribution < 1.29 is 9.59 Å². The molecule has 1 saturated heterocycles. The Morgan fingerprint density at radius 1 is 1.16 bits per heavy atom. The van der Waals surface area contributed by atoms with E-state index >= 15 is 0 Å². The molecular formula is C19H20N2O2S2. The van der Waals surface area contributed by atoms with Crippen molar-refractivity contribution in [2.75, 3.05) is 25.4 Å². The zero-order valence-electron chi connectivity index (χ0n) is 13.9. The van der Waals surface area contributed by atoms with Crippen LogP contribution in [0.3, 0.4) is 0 Å². The summed E-state index contributed by atoms with van der Waals surface area (Å²) in [5.74, 6) is 0.970. The van der Waals surface area contributed by atoms with Gasteiger partial charge in [0, 0.05) is 36.7 Å². The maximum absolute atomic E-state index is 13.0. The van der Waals surface area contributed by atoms with Crippen LogP contribution in [0.1, 0.15) is 28.5 Å². The minimum Gasteiger partial charge on any atom is -0.332 e. The fourth-order valence-corrected chi connectivity index (χ4v) is 5.34. The molecule has 0 aliphatic carbocycles. The smallest absolute Gasteiger partial charge is 0.281 e. The Hall–Kier alpha value is -1.79. The number of rotatable bonds is 4. The van der Waals surface area contributed by atoms with Crippen LogP contribution in [-0.4, -0.2) is 46.3 Å². The molecule has 2 amide bonds. The first-order chi connectivity index (χ1) is 12.2. The van der Waals surface area contributed by atoms with Gasteiger partial charge in [0.25, 0.3) is 5.24 Å². The first-order valence-electron chi connectivity index (χ1n) is 8.56. The van der Waals surface area contributed by atoms with E-state index in [0.717, 1.165) is 30.8 Å². The highest BCUT2D eigenvalue weighted by atomic mass is 32.2. The standard InChI is InChI=1S/C19H20N2O2S2/c22-17(7-9-20-11-13-25-19(20)23)21-10-6-16-15(8-12-24-16)18(21)14-4-2-1-3-5-14/h1-5,8,12,18H,6-7,9-11,13H2. The van der Waals surface area contributed by atoms with Crippen LogP contribution in [0.4, 0.5) is 4.79 Å². The number of fused-ring (bicyclic) bond motifs is 1. The van der Waals surface area contributed by atoms with Gasteiger partial charge in [0.15, 0.2) is 0 Å².